The molecule has 5 rings (SSSR count). The van der Waals surface area contributed by atoms with Crippen molar-refractivity contribution in [2.75, 3.05) is 6.54 Å². The average Bonchev–Trinajstić information content (AvgIpc) is 3.39. The van der Waals surface area contributed by atoms with Crippen LogP contribution in [0, 0.1) is 28.6 Å². The summed E-state index contributed by atoms with van der Waals surface area (Å²) in [6, 6.07) is 0. The summed E-state index contributed by atoms with van der Waals surface area (Å²) >= 11 is 0. The molecule has 0 aromatic carbocycles. The van der Waals surface area contributed by atoms with Gasteiger partial charge >= 0.3 is 0 Å². The Balaban J connectivity index is 1.26. The number of hydrogen-bond acceptors (Lipinski definition) is 5. The molecule has 0 aromatic rings. The Labute approximate surface area is 223 Å². The van der Waals surface area contributed by atoms with E-state index in [0.717, 1.165) is 49.3 Å². The molecular formula is C32H47NO4. The molecule has 4 aliphatic carbocycles. The lowest BCUT2D eigenvalue weighted by molar-refractivity contribution is 0.0862. The molecule has 37 heavy (non-hydrogen) atoms. The number of aliphatic hydroxyl groups excluding tert-OH is 3. The van der Waals surface area contributed by atoms with E-state index in [2.05, 4.69) is 50.6 Å². The van der Waals surface area contributed by atoms with Gasteiger partial charge in [-0.25, -0.2) is 0 Å². The van der Waals surface area contributed by atoms with Gasteiger partial charge in [-0.15, -0.1) is 0 Å². The van der Waals surface area contributed by atoms with Crippen molar-refractivity contribution in [2.24, 2.45) is 33.6 Å². The molecule has 5 heteroatoms. The van der Waals surface area contributed by atoms with Gasteiger partial charge in [-0.3, -0.25) is 4.99 Å². The Hall–Kier alpha value is -1.69. The van der Waals surface area contributed by atoms with Crippen molar-refractivity contribution >= 4 is 5.90 Å². The van der Waals surface area contributed by atoms with Crippen LogP contribution < -0.4 is 0 Å². The van der Waals surface area contributed by atoms with Crippen molar-refractivity contribution in [3.63, 3.8) is 0 Å². The second-order valence-electron chi connectivity index (χ2n) is 12.8. The van der Waals surface area contributed by atoms with Crippen LogP contribution in [0.5, 0.6) is 0 Å². The number of aliphatic imine (C=N–C) groups is 1. The molecule has 8 atom stereocenters. The predicted octanol–water partition coefficient (Wildman–Crippen LogP) is 5.67. The summed E-state index contributed by atoms with van der Waals surface area (Å²) < 4.78 is 6.06. The molecule has 0 saturated heterocycles. The van der Waals surface area contributed by atoms with E-state index in [1.165, 1.54) is 31.3 Å². The third kappa shape index (κ3) is 5.04. The highest BCUT2D eigenvalue weighted by Crippen LogP contribution is 2.60. The van der Waals surface area contributed by atoms with E-state index in [9.17, 15) is 15.3 Å². The van der Waals surface area contributed by atoms with Crippen molar-refractivity contribution < 1.29 is 20.1 Å². The van der Waals surface area contributed by atoms with Crippen LogP contribution in [0.25, 0.3) is 0 Å². The van der Waals surface area contributed by atoms with E-state index in [4.69, 9.17) is 4.74 Å². The van der Waals surface area contributed by atoms with Crippen LogP contribution in [-0.4, -0.2) is 52.2 Å². The molecule has 1 aliphatic heterocycles. The maximum Gasteiger partial charge on any atom is 0.193 e. The maximum absolute atomic E-state index is 11.1. The van der Waals surface area contributed by atoms with Crippen molar-refractivity contribution in [3.05, 3.63) is 47.6 Å². The van der Waals surface area contributed by atoms with Gasteiger partial charge < -0.3 is 20.1 Å². The molecule has 1 heterocycles. The smallest absolute Gasteiger partial charge is 0.193 e. The molecule has 4 fully saturated rings. The van der Waals surface area contributed by atoms with Crippen molar-refractivity contribution in [2.45, 2.75) is 109 Å². The second-order valence-corrected chi connectivity index (χ2v) is 12.8. The summed E-state index contributed by atoms with van der Waals surface area (Å²) in [6.45, 7) is 11.7. The zero-order chi connectivity index (χ0) is 26.4. The quantitative estimate of drug-likeness (QED) is 0.386. The Kier molecular flexibility index (Phi) is 7.61. The van der Waals surface area contributed by atoms with E-state index >= 15 is 0 Å². The van der Waals surface area contributed by atoms with Gasteiger partial charge in [0.2, 0.25) is 0 Å². The number of aliphatic hydroxyl groups is 3. The van der Waals surface area contributed by atoms with Gasteiger partial charge in [0.15, 0.2) is 5.90 Å². The van der Waals surface area contributed by atoms with Gasteiger partial charge in [0.25, 0.3) is 0 Å². The zero-order valence-corrected chi connectivity index (χ0v) is 23.0. The van der Waals surface area contributed by atoms with E-state index in [1.54, 1.807) is 0 Å². The van der Waals surface area contributed by atoms with E-state index in [-0.39, 0.29) is 16.9 Å². The van der Waals surface area contributed by atoms with Gasteiger partial charge in [-0.05, 0) is 92.1 Å². The van der Waals surface area contributed by atoms with Gasteiger partial charge in [-0.2, -0.15) is 0 Å². The van der Waals surface area contributed by atoms with Crippen LogP contribution >= 0.6 is 0 Å². The molecule has 5 nitrogen and oxygen atoms in total. The molecule has 4 saturated carbocycles. The Morgan fingerprint density at radius 2 is 1.95 bits per heavy atom. The van der Waals surface area contributed by atoms with Crippen LogP contribution in [0.4, 0.5) is 0 Å². The first-order valence-electron chi connectivity index (χ1n) is 14.7. The van der Waals surface area contributed by atoms with Crippen LogP contribution in [0.15, 0.2) is 52.6 Å². The fourth-order valence-corrected chi connectivity index (χ4v) is 7.88. The molecule has 204 valence electrons. The van der Waals surface area contributed by atoms with Crippen molar-refractivity contribution in [1.82, 2.24) is 0 Å². The van der Waals surface area contributed by atoms with Crippen LogP contribution in [0.1, 0.15) is 85.0 Å². The minimum atomic E-state index is -0.640. The average molecular weight is 510 g/mol. The number of rotatable bonds is 7. The molecule has 4 unspecified atom stereocenters. The molecule has 0 bridgehead atoms. The van der Waals surface area contributed by atoms with E-state index in [1.807, 2.05) is 6.08 Å². The molecule has 0 radical (unpaired) electrons. The van der Waals surface area contributed by atoms with Crippen LogP contribution in [0.2, 0.25) is 0 Å². The Morgan fingerprint density at radius 3 is 2.65 bits per heavy atom. The SMILES string of the molecule is C=C1/C(=C\C=C2/CCC[C@]3(C)[C@@H]([C@H](C)/C=C/C(O)C4(C5=NCC(CC)O5)CC4)CC[C@@H]23)CC(O)CC1O. The molecule has 0 spiro atoms. The minimum Gasteiger partial charge on any atom is -0.475 e. The van der Waals surface area contributed by atoms with Gasteiger partial charge in [0, 0.05) is 6.42 Å². The first-order chi connectivity index (χ1) is 17.7. The maximum atomic E-state index is 11.1. The second kappa shape index (κ2) is 10.5. The molecular weight excluding hydrogens is 462 g/mol. The normalized spacial score (nSPS) is 41.1. The number of nitrogens with zero attached hydrogens (tertiary/aromatic N) is 1. The summed E-state index contributed by atoms with van der Waals surface area (Å²) in [5.41, 5.74) is 3.22. The lowest BCUT2D eigenvalue weighted by Gasteiger charge is -2.44. The van der Waals surface area contributed by atoms with Gasteiger partial charge in [0.1, 0.15) is 6.10 Å². The molecule has 5 aliphatic rings. The van der Waals surface area contributed by atoms with Crippen molar-refractivity contribution in [3.8, 4) is 0 Å². The lowest BCUT2D eigenvalue weighted by Crippen LogP contribution is -2.36. The third-order valence-corrected chi connectivity index (χ3v) is 10.5. The highest BCUT2D eigenvalue weighted by molar-refractivity contribution is 5.87. The van der Waals surface area contributed by atoms with Crippen LogP contribution in [0.3, 0.4) is 0 Å². The molecule has 0 aromatic heterocycles. The van der Waals surface area contributed by atoms with Crippen molar-refractivity contribution in [1.29, 1.82) is 0 Å². The van der Waals surface area contributed by atoms with E-state index in [0.29, 0.717) is 30.6 Å². The summed E-state index contributed by atoms with van der Waals surface area (Å²) in [7, 11) is 0. The van der Waals surface area contributed by atoms with Gasteiger partial charge in [0.05, 0.1) is 30.3 Å². The fraction of sp³-hybridized carbons (Fsp3) is 0.719. The minimum absolute atomic E-state index is 0.175. The highest BCUT2D eigenvalue weighted by Gasteiger charge is 2.56. The largest absolute Gasteiger partial charge is 0.475 e. The summed E-state index contributed by atoms with van der Waals surface area (Å²) in [4.78, 5) is 4.64. The molecule has 3 N–H and O–H groups in total. The monoisotopic (exact) mass is 509 g/mol. The Bertz CT molecular complexity index is 1000. The summed E-state index contributed by atoms with van der Waals surface area (Å²) in [5, 5.41) is 31.5. The summed E-state index contributed by atoms with van der Waals surface area (Å²) in [6.07, 6.45) is 17.0. The zero-order valence-electron chi connectivity index (χ0n) is 23.0. The number of ether oxygens (including phenoxy) is 1. The first-order valence-corrected chi connectivity index (χ1v) is 14.7. The number of fused-ring (bicyclic) bond motifs is 1. The number of hydrogen-bond donors (Lipinski definition) is 3. The standard InChI is InChI=1S/C32H47NO4/c1-5-25-19-33-30(37-25)32(15-16-32)29(36)13-8-20(2)26-11-12-27-22(7-6-14-31(26,27)4)9-10-23-17-24(34)18-28(35)21(23)3/h8-10,13,20,24-29,34-36H,3,5-7,11-12,14-19H2,1-2,4H3/b13-8+,22-9+,23-10-/t20-,24?,25?,26-,27+,28?,29?,31-/m1/s1. The topological polar surface area (TPSA) is 82.3 Å². The fourth-order valence-electron chi connectivity index (χ4n) is 7.88. The predicted molar refractivity (Wildman–Crippen MR) is 148 cm³/mol. The van der Waals surface area contributed by atoms with Gasteiger partial charge in [-0.1, -0.05) is 57.2 Å². The van der Waals surface area contributed by atoms with E-state index < -0.39 is 18.3 Å². The summed E-state index contributed by atoms with van der Waals surface area (Å²) in [5.74, 6) is 2.34. The third-order valence-electron chi connectivity index (χ3n) is 10.5. The Morgan fingerprint density at radius 1 is 1.16 bits per heavy atom. The highest BCUT2D eigenvalue weighted by atomic mass is 16.5. The number of allylic oxidation sites excluding steroid dienone is 4. The lowest BCUT2D eigenvalue weighted by atomic mass is 9.61. The first kappa shape index (κ1) is 26.9. The molecule has 0 amide bonds. The van der Waals surface area contributed by atoms with Crippen LogP contribution in [-0.2, 0) is 4.74 Å².